The van der Waals surface area contributed by atoms with Crippen molar-refractivity contribution in [3.05, 3.63) is 29.6 Å². The van der Waals surface area contributed by atoms with Gasteiger partial charge >= 0.3 is 0 Å². The first kappa shape index (κ1) is 14.2. The predicted molar refractivity (Wildman–Crippen MR) is 74.4 cm³/mol. The standard InChI is InChI=1S/C15H22N2O2/c1-3-15(18)14-8-4-6-12(16-14)7-5-9-17-10-13(11-17)19-2/h4,6,8,13H,3,5,7,9-11H2,1-2H3. The lowest BCUT2D eigenvalue weighted by molar-refractivity contribution is -0.0294. The first-order valence-electron chi connectivity index (χ1n) is 6.97. The number of ether oxygens (including phenoxy) is 1. The van der Waals surface area contributed by atoms with E-state index >= 15 is 0 Å². The van der Waals surface area contributed by atoms with Gasteiger partial charge in [-0.25, -0.2) is 4.98 Å². The third-order valence-corrected chi connectivity index (χ3v) is 3.58. The summed E-state index contributed by atoms with van der Waals surface area (Å²) >= 11 is 0. The summed E-state index contributed by atoms with van der Waals surface area (Å²) in [6.07, 6.45) is 2.94. The van der Waals surface area contributed by atoms with E-state index < -0.39 is 0 Å². The Labute approximate surface area is 114 Å². The van der Waals surface area contributed by atoms with Crippen molar-refractivity contribution >= 4 is 5.78 Å². The van der Waals surface area contributed by atoms with E-state index in [2.05, 4.69) is 9.88 Å². The summed E-state index contributed by atoms with van der Waals surface area (Å²) < 4.78 is 5.24. The van der Waals surface area contributed by atoms with Gasteiger partial charge < -0.3 is 4.74 Å². The lowest BCUT2D eigenvalue weighted by Crippen LogP contribution is -2.51. The molecule has 104 valence electrons. The number of hydrogen-bond acceptors (Lipinski definition) is 4. The highest BCUT2D eigenvalue weighted by molar-refractivity contribution is 5.93. The molecule has 1 aromatic rings. The van der Waals surface area contributed by atoms with Crippen molar-refractivity contribution in [2.45, 2.75) is 32.3 Å². The molecule has 0 atom stereocenters. The average Bonchev–Trinajstić information content (AvgIpc) is 2.40. The Balaban J connectivity index is 1.75. The van der Waals surface area contributed by atoms with E-state index in [0.717, 1.165) is 38.2 Å². The van der Waals surface area contributed by atoms with Gasteiger partial charge in [0.15, 0.2) is 5.78 Å². The number of aryl methyl sites for hydroxylation is 1. The Morgan fingerprint density at radius 3 is 2.95 bits per heavy atom. The van der Waals surface area contributed by atoms with Gasteiger partial charge in [-0.2, -0.15) is 0 Å². The van der Waals surface area contributed by atoms with Crippen LogP contribution in [0.3, 0.4) is 0 Å². The Morgan fingerprint density at radius 2 is 2.26 bits per heavy atom. The Bertz CT molecular complexity index is 428. The molecular weight excluding hydrogens is 240 g/mol. The molecule has 0 bridgehead atoms. The van der Waals surface area contributed by atoms with Crippen LogP contribution < -0.4 is 0 Å². The van der Waals surface area contributed by atoms with E-state index in [1.54, 1.807) is 13.2 Å². The van der Waals surface area contributed by atoms with Crippen molar-refractivity contribution in [2.75, 3.05) is 26.7 Å². The third-order valence-electron chi connectivity index (χ3n) is 3.58. The maximum Gasteiger partial charge on any atom is 0.180 e. The Hall–Kier alpha value is -1.26. The number of nitrogens with zero attached hydrogens (tertiary/aromatic N) is 2. The molecule has 0 unspecified atom stereocenters. The summed E-state index contributed by atoms with van der Waals surface area (Å²) in [5.41, 5.74) is 1.62. The van der Waals surface area contributed by atoms with Gasteiger partial charge in [-0.05, 0) is 31.5 Å². The molecule has 2 rings (SSSR count). The molecule has 0 N–H and O–H groups in total. The Morgan fingerprint density at radius 1 is 1.47 bits per heavy atom. The summed E-state index contributed by atoms with van der Waals surface area (Å²) in [5.74, 6) is 0.118. The number of hydrogen-bond donors (Lipinski definition) is 0. The van der Waals surface area contributed by atoms with Crippen molar-refractivity contribution in [3.8, 4) is 0 Å². The van der Waals surface area contributed by atoms with Crippen LogP contribution in [0.1, 0.15) is 35.9 Å². The topological polar surface area (TPSA) is 42.4 Å². The molecular formula is C15H22N2O2. The van der Waals surface area contributed by atoms with Crippen LogP contribution in [0.4, 0.5) is 0 Å². The quantitative estimate of drug-likeness (QED) is 0.704. The second-order valence-electron chi connectivity index (χ2n) is 5.01. The van der Waals surface area contributed by atoms with Crippen LogP contribution in [-0.4, -0.2) is 48.5 Å². The van der Waals surface area contributed by atoms with Gasteiger partial charge in [0.1, 0.15) is 5.69 Å². The number of aromatic nitrogens is 1. The van der Waals surface area contributed by atoms with Crippen molar-refractivity contribution < 1.29 is 9.53 Å². The first-order valence-corrected chi connectivity index (χ1v) is 6.97. The molecule has 0 saturated carbocycles. The summed E-state index contributed by atoms with van der Waals surface area (Å²) in [5, 5.41) is 0. The third kappa shape index (κ3) is 3.85. The van der Waals surface area contributed by atoms with Crippen LogP contribution in [0.15, 0.2) is 18.2 Å². The average molecular weight is 262 g/mol. The summed E-state index contributed by atoms with van der Waals surface area (Å²) in [4.78, 5) is 18.4. The summed E-state index contributed by atoms with van der Waals surface area (Å²) in [6.45, 7) is 5.02. The Kier molecular flexibility index (Phi) is 5.05. The van der Waals surface area contributed by atoms with Crippen molar-refractivity contribution in [1.29, 1.82) is 0 Å². The fourth-order valence-electron chi connectivity index (χ4n) is 2.29. The van der Waals surface area contributed by atoms with Gasteiger partial charge in [0.05, 0.1) is 6.10 Å². The second kappa shape index (κ2) is 6.78. The number of carbonyl (C=O) groups is 1. The summed E-state index contributed by atoms with van der Waals surface area (Å²) in [7, 11) is 1.77. The zero-order chi connectivity index (χ0) is 13.7. The number of rotatable bonds is 7. The van der Waals surface area contributed by atoms with Crippen LogP contribution in [0.25, 0.3) is 0 Å². The zero-order valence-corrected chi connectivity index (χ0v) is 11.8. The monoisotopic (exact) mass is 262 g/mol. The van der Waals surface area contributed by atoms with Gasteiger partial charge in [-0.3, -0.25) is 9.69 Å². The van der Waals surface area contributed by atoms with Crippen LogP contribution in [0.2, 0.25) is 0 Å². The molecule has 1 fully saturated rings. The fourth-order valence-corrected chi connectivity index (χ4v) is 2.29. The summed E-state index contributed by atoms with van der Waals surface area (Å²) in [6, 6.07) is 5.73. The van der Waals surface area contributed by atoms with E-state index in [1.165, 1.54) is 0 Å². The van der Waals surface area contributed by atoms with Crippen LogP contribution >= 0.6 is 0 Å². The van der Waals surface area contributed by atoms with Gasteiger partial charge in [-0.1, -0.05) is 13.0 Å². The first-order chi connectivity index (χ1) is 9.22. The largest absolute Gasteiger partial charge is 0.379 e. The van der Waals surface area contributed by atoms with Crippen LogP contribution in [0.5, 0.6) is 0 Å². The molecule has 1 aliphatic rings. The van der Waals surface area contributed by atoms with Crippen LogP contribution in [0, 0.1) is 0 Å². The minimum Gasteiger partial charge on any atom is -0.379 e. The van der Waals surface area contributed by atoms with Gasteiger partial charge in [0, 0.05) is 32.3 Å². The van der Waals surface area contributed by atoms with Crippen LogP contribution in [-0.2, 0) is 11.2 Å². The molecule has 1 aliphatic heterocycles. The molecule has 1 aromatic heterocycles. The molecule has 0 radical (unpaired) electrons. The second-order valence-corrected chi connectivity index (χ2v) is 5.01. The van der Waals surface area contributed by atoms with Crippen molar-refractivity contribution in [1.82, 2.24) is 9.88 Å². The minimum absolute atomic E-state index is 0.118. The normalized spacial score (nSPS) is 16.3. The van der Waals surface area contributed by atoms with Crippen molar-refractivity contribution in [3.63, 3.8) is 0 Å². The van der Waals surface area contributed by atoms with Gasteiger partial charge in [0.2, 0.25) is 0 Å². The molecule has 4 heteroatoms. The molecule has 19 heavy (non-hydrogen) atoms. The molecule has 1 saturated heterocycles. The van der Waals surface area contributed by atoms with E-state index in [9.17, 15) is 4.79 Å². The highest BCUT2D eigenvalue weighted by Crippen LogP contribution is 2.12. The molecule has 4 nitrogen and oxygen atoms in total. The smallest absolute Gasteiger partial charge is 0.180 e. The number of likely N-dealkylation sites (tertiary alicyclic amines) is 1. The fraction of sp³-hybridized carbons (Fsp3) is 0.600. The number of methoxy groups -OCH3 is 1. The van der Waals surface area contributed by atoms with E-state index in [4.69, 9.17) is 4.74 Å². The molecule has 2 heterocycles. The van der Waals surface area contributed by atoms with E-state index in [-0.39, 0.29) is 5.78 Å². The minimum atomic E-state index is 0.118. The lowest BCUT2D eigenvalue weighted by Gasteiger charge is -2.38. The van der Waals surface area contributed by atoms with E-state index in [0.29, 0.717) is 18.2 Å². The van der Waals surface area contributed by atoms with E-state index in [1.807, 2.05) is 19.1 Å². The zero-order valence-electron chi connectivity index (χ0n) is 11.8. The predicted octanol–water partition coefficient (Wildman–Crippen LogP) is 1.94. The maximum atomic E-state index is 11.6. The van der Waals surface area contributed by atoms with Gasteiger partial charge in [-0.15, -0.1) is 0 Å². The number of Topliss-reactive ketones (excluding diaryl/α,β-unsaturated/α-hetero) is 1. The molecule has 0 aromatic carbocycles. The number of carbonyl (C=O) groups excluding carboxylic acids is 1. The highest BCUT2D eigenvalue weighted by atomic mass is 16.5. The van der Waals surface area contributed by atoms with Gasteiger partial charge in [0.25, 0.3) is 0 Å². The number of pyridine rings is 1. The molecule has 0 aliphatic carbocycles. The highest BCUT2D eigenvalue weighted by Gasteiger charge is 2.25. The SMILES string of the molecule is CCC(=O)c1cccc(CCCN2CC(OC)C2)n1. The molecule has 0 amide bonds. The molecule has 0 spiro atoms. The van der Waals surface area contributed by atoms with Crippen molar-refractivity contribution in [2.24, 2.45) is 0 Å². The lowest BCUT2D eigenvalue weighted by atomic mass is 10.1. The maximum absolute atomic E-state index is 11.6. The number of ketones is 1.